The predicted molar refractivity (Wildman–Crippen MR) is 145 cm³/mol. The fourth-order valence-corrected chi connectivity index (χ4v) is 3.29. The molecule has 0 aliphatic heterocycles. The van der Waals surface area contributed by atoms with Gasteiger partial charge in [0.05, 0.1) is 7.11 Å². The van der Waals surface area contributed by atoms with Crippen LogP contribution in [-0.2, 0) is 14.4 Å². The van der Waals surface area contributed by atoms with Gasteiger partial charge >= 0.3 is 17.9 Å². The fourth-order valence-electron chi connectivity index (χ4n) is 3.29. The second-order valence-corrected chi connectivity index (χ2v) is 8.73. The lowest BCUT2D eigenvalue weighted by molar-refractivity contribution is -0.131. The zero-order valence-electron chi connectivity index (χ0n) is 22.1. The van der Waals surface area contributed by atoms with Crippen molar-refractivity contribution in [1.29, 1.82) is 0 Å². The number of carbonyl (C=O) groups excluding carboxylic acids is 3. The minimum absolute atomic E-state index is 0.0277. The van der Waals surface area contributed by atoms with Gasteiger partial charge in [0.1, 0.15) is 17.3 Å². The number of ether oxygens (including phenoxy) is 4. The summed E-state index contributed by atoms with van der Waals surface area (Å²) in [5.74, 6) is -2.11. The third-order valence-electron chi connectivity index (χ3n) is 5.37. The highest BCUT2D eigenvalue weighted by atomic mass is 19.1. The van der Waals surface area contributed by atoms with Crippen molar-refractivity contribution < 1.29 is 37.7 Å². The molecule has 0 amide bonds. The van der Waals surface area contributed by atoms with Crippen LogP contribution in [-0.4, -0.2) is 25.0 Å². The summed E-state index contributed by atoms with van der Waals surface area (Å²) in [6.45, 7) is 15.2. The van der Waals surface area contributed by atoms with Crippen LogP contribution in [0.5, 0.6) is 23.0 Å². The summed E-state index contributed by atoms with van der Waals surface area (Å²) >= 11 is 0. The number of hydrogen-bond acceptors (Lipinski definition) is 7. The quantitative estimate of drug-likeness (QED) is 0.175. The topological polar surface area (TPSA) is 88.1 Å². The van der Waals surface area contributed by atoms with Crippen molar-refractivity contribution in [2.24, 2.45) is 0 Å². The molecule has 0 aliphatic rings. The normalized spacial score (nSPS) is 10.3. The van der Waals surface area contributed by atoms with Crippen molar-refractivity contribution in [2.45, 2.75) is 20.8 Å². The molecule has 0 atom stereocenters. The van der Waals surface area contributed by atoms with E-state index in [0.717, 1.165) is 0 Å². The van der Waals surface area contributed by atoms with E-state index >= 15 is 4.39 Å². The highest BCUT2D eigenvalue weighted by Crippen LogP contribution is 2.38. The first-order valence-corrected chi connectivity index (χ1v) is 11.7. The van der Waals surface area contributed by atoms with E-state index in [1.54, 1.807) is 24.3 Å². The van der Waals surface area contributed by atoms with Gasteiger partial charge in [0, 0.05) is 33.9 Å². The van der Waals surface area contributed by atoms with Crippen LogP contribution >= 0.6 is 0 Å². The van der Waals surface area contributed by atoms with Crippen LogP contribution in [0.3, 0.4) is 0 Å². The number of halogens is 1. The molecule has 8 heteroatoms. The van der Waals surface area contributed by atoms with Gasteiger partial charge in [-0.25, -0.2) is 18.8 Å². The van der Waals surface area contributed by atoms with Gasteiger partial charge in [0.15, 0.2) is 11.5 Å². The third-order valence-corrected chi connectivity index (χ3v) is 5.37. The van der Waals surface area contributed by atoms with Crippen LogP contribution < -0.4 is 18.9 Å². The van der Waals surface area contributed by atoms with Gasteiger partial charge < -0.3 is 18.9 Å². The first-order valence-electron chi connectivity index (χ1n) is 11.7. The Morgan fingerprint density at radius 1 is 0.615 bits per heavy atom. The Morgan fingerprint density at radius 3 is 1.69 bits per heavy atom. The SMILES string of the molecule is C=C(C)C(=O)Oc1ccc(-c2ccc(-c3ccc(OC)c(OC(=O)C(=C)C)c3)cc2F)c(OC(=O)C(=C)C)c1. The zero-order valence-corrected chi connectivity index (χ0v) is 22.1. The maximum Gasteiger partial charge on any atom is 0.338 e. The number of rotatable bonds is 9. The summed E-state index contributed by atoms with van der Waals surface area (Å²) < 4.78 is 36.8. The van der Waals surface area contributed by atoms with Crippen molar-refractivity contribution in [3.05, 3.63) is 96.9 Å². The number of carbonyl (C=O) groups is 3. The lowest BCUT2D eigenvalue weighted by Gasteiger charge is -2.15. The van der Waals surface area contributed by atoms with Crippen molar-refractivity contribution in [1.82, 2.24) is 0 Å². The fraction of sp³-hybridized carbons (Fsp3) is 0.129. The van der Waals surface area contributed by atoms with E-state index in [9.17, 15) is 14.4 Å². The van der Waals surface area contributed by atoms with Crippen molar-refractivity contribution in [3.63, 3.8) is 0 Å². The summed E-state index contributed by atoms with van der Waals surface area (Å²) in [6, 6.07) is 13.6. The number of benzene rings is 3. The molecule has 3 rings (SSSR count). The monoisotopic (exact) mass is 530 g/mol. The molecule has 7 nitrogen and oxygen atoms in total. The second kappa shape index (κ2) is 12.0. The maximum atomic E-state index is 15.5. The van der Waals surface area contributed by atoms with E-state index in [1.165, 1.54) is 58.2 Å². The largest absolute Gasteiger partial charge is 0.493 e. The summed E-state index contributed by atoms with van der Waals surface area (Å²) in [5.41, 5.74) is 1.93. The molecule has 3 aromatic carbocycles. The number of methoxy groups -OCH3 is 1. The number of hydrogen-bond donors (Lipinski definition) is 0. The average Bonchev–Trinajstić information content (AvgIpc) is 2.88. The van der Waals surface area contributed by atoms with Gasteiger partial charge in [0.25, 0.3) is 0 Å². The van der Waals surface area contributed by atoms with Crippen molar-refractivity contribution in [3.8, 4) is 45.3 Å². The predicted octanol–water partition coefficient (Wildman–Crippen LogP) is 6.61. The summed E-state index contributed by atoms with van der Waals surface area (Å²) in [4.78, 5) is 36.3. The van der Waals surface area contributed by atoms with Gasteiger partial charge in [-0.15, -0.1) is 0 Å². The van der Waals surface area contributed by atoms with E-state index in [1.807, 2.05) is 0 Å². The molecule has 0 fully saturated rings. The van der Waals surface area contributed by atoms with Crippen LogP contribution in [0.4, 0.5) is 4.39 Å². The Kier molecular flexibility index (Phi) is 8.83. The summed E-state index contributed by atoms with van der Waals surface area (Å²) in [5, 5.41) is 0. The van der Waals surface area contributed by atoms with E-state index < -0.39 is 23.7 Å². The molecule has 0 heterocycles. The van der Waals surface area contributed by atoms with Gasteiger partial charge in [-0.3, -0.25) is 0 Å². The molecule has 0 saturated carbocycles. The molecule has 0 saturated heterocycles. The van der Waals surface area contributed by atoms with Crippen molar-refractivity contribution >= 4 is 17.9 Å². The highest BCUT2D eigenvalue weighted by molar-refractivity contribution is 5.92. The molecule has 0 aliphatic carbocycles. The van der Waals surface area contributed by atoms with E-state index in [0.29, 0.717) is 16.9 Å². The third kappa shape index (κ3) is 6.87. The molecule has 39 heavy (non-hydrogen) atoms. The van der Waals surface area contributed by atoms with Gasteiger partial charge in [0.2, 0.25) is 0 Å². The van der Waals surface area contributed by atoms with E-state index in [4.69, 9.17) is 18.9 Å². The molecule has 0 N–H and O–H groups in total. The van der Waals surface area contributed by atoms with E-state index in [-0.39, 0.29) is 45.1 Å². The number of esters is 3. The Hall–Kier alpha value is -4.98. The van der Waals surface area contributed by atoms with Crippen LogP contribution in [0, 0.1) is 5.82 Å². The molecule has 0 unspecified atom stereocenters. The molecule has 0 aromatic heterocycles. The van der Waals surface area contributed by atoms with Crippen LogP contribution in [0.1, 0.15) is 20.8 Å². The maximum absolute atomic E-state index is 15.5. The second-order valence-electron chi connectivity index (χ2n) is 8.73. The first-order chi connectivity index (χ1) is 18.4. The molecule has 200 valence electrons. The first kappa shape index (κ1) is 28.6. The average molecular weight is 531 g/mol. The van der Waals surface area contributed by atoms with Gasteiger partial charge in [-0.05, 0) is 62.2 Å². The summed E-state index contributed by atoms with van der Waals surface area (Å²) in [6.07, 6.45) is 0. The Morgan fingerprint density at radius 2 is 1.13 bits per heavy atom. The standard InChI is InChI=1S/C31H27FO7/c1-17(2)29(33)37-22-10-12-24(27(16-22)38-30(34)18(3)4)23-11-8-20(14-25(23)32)21-9-13-26(36-7)28(15-21)39-31(35)19(5)6/h8-16H,1,3,5H2,2,4,6-7H3. The molecular weight excluding hydrogens is 503 g/mol. The highest BCUT2D eigenvalue weighted by Gasteiger charge is 2.19. The summed E-state index contributed by atoms with van der Waals surface area (Å²) in [7, 11) is 1.44. The lowest BCUT2D eigenvalue weighted by Crippen LogP contribution is -2.11. The van der Waals surface area contributed by atoms with Crippen LogP contribution in [0.2, 0.25) is 0 Å². The smallest absolute Gasteiger partial charge is 0.338 e. The Bertz CT molecular complexity index is 1520. The minimum Gasteiger partial charge on any atom is -0.493 e. The van der Waals surface area contributed by atoms with Gasteiger partial charge in [-0.2, -0.15) is 0 Å². The minimum atomic E-state index is -0.730. The van der Waals surface area contributed by atoms with Crippen LogP contribution in [0.15, 0.2) is 91.1 Å². The van der Waals surface area contributed by atoms with Crippen molar-refractivity contribution in [2.75, 3.05) is 7.11 Å². The van der Waals surface area contributed by atoms with E-state index in [2.05, 4.69) is 19.7 Å². The Balaban J connectivity index is 2.04. The molecule has 0 radical (unpaired) electrons. The molecule has 0 spiro atoms. The Labute approximate surface area is 225 Å². The lowest BCUT2D eigenvalue weighted by atomic mass is 9.98. The zero-order chi connectivity index (χ0) is 28.9. The molecular formula is C31H27FO7. The molecule has 0 bridgehead atoms. The molecule has 3 aromatic rings. The van der Waals surface area contributed by atoms with Crippen LogP contribution in [0.25, 0.3) is 22.3 Å². The van der Waals surface area contributed by atoms with Gasteiger partial charge in [-0.1, -0.05) is 37.9 Å².